The number of fused-ring (bicyclic) bond motifs is 7. The highest BCUT2D eigenvalue weighted by molar-refractivity contribution is 5.31. The van der Waals surface area contributed by atoms with Crippen molar-refractivity contribution in [1.82, 2.24) is 0 Å². The highest BCUT2D eigenvalue weighted by Gasteiger charge is 2.67. The predicted molar refractivity (Wildman–Crippen MR) is 129 cm³/mol. The van der Waals surface area contributed by atoms with Crippen LogP contribution in [0.15, 0.2) is 11.6 Å². The second kappa shape index (κ2) is 6.20. The van der Waals surface area contributed by atoms with Gasteiger partial charge in [0.1, 0.15) is 0 Å². The van der Waals surface area contributed by atoms with Gasteiger partial charge in [0, 0.05) is 0 Å². The zero-order valence-electron chi connectivity index (χ0n) is 21.6. The van der Waals surface area contributed by atoms with Gasteiger partial charge in [-0.2, -0.15) is 0 Å². The van der Waals surface area contributed by atoms with E-state index in [-0.39, 0.29) is 0 Å². The van der Waals surface area contributed by atoms with Gasteiger partial charge >= 0.3 is 0 Å². The van der Waals surface area contributed by atoms with Gasteiger partial charge in [-0.05, 0) is 114 Å². The molecule has 5 rings (SSSR count). The fraction of sp³-hybridized carbons (Fsp3) is 0.933. The highest BCUT2D eigenvalue weighted by Crippen LogP contribution is 2.76. The second-order valence-corrected chi connectivity index (χ2v) is 15.1. The molecule has 4 fully saturated rings. The Morgan fingerprint density at radius 1 is 0.633 bits per heavy atom. The minimum Gasteiger partial charge on any atom is -0.0788 e. The molecule has 0 nitrogen and oxygen atoms in total. The highest BCUT2D eigenvalue weighted by atomic mass is 14.7. The molecule has 0 heterocycles. The molecule has 0 amide bonds. The van der Waals surface area contributed by atoms with E-state index in [0.29, 0.717) is 32.5 Å². The van der Waals surface area contributed by atoms with Crippen LogP contribution in [0.2, 0.25) is 0 Å². The van der Waals surface area contributed by atoms with E-state index in [1.54, 1.807) is 0 Å². The first kappa shape index (κ1) is 21.6. The lowest BCUT2D eigenvalue weighted by atomic mass is 9.33. The summed E-state index contributed by atoms with van der Waals surface area (Å²) < 4.78 is 0. The molecule has 5 aliphatic rings. The third-order valence-corrected chi connectivity index (χ3v) is 12.7. The summed E-state index contributed by atoms with van der Waals surface area (Å²) in [5.74, 6) is 2.72. The first-order valence-corrected chi connectivity index (χ1v) is 13.5. The smallest absolute Gasteiger partial charge is 0.0113 e. The van der Waals surface area contributed by atoms with Crippen LogP contribution in [0.25, 0.3) is 0 Å². The molecule has 4 saturated carbocycles. The Morgan fingerprint density at radius 3 is 2.07 bits per heavy atom. The molecule has 0 spiro atoms. The maximum Gasteiger partial charge on any atom is -0.0113 e. The zero-order valence-corrected chi connectivity index (χ0v) is 21.6. The summed E-state index contributed by atoms with van der Waals surface area (Å²) in [7, 11) is 0. The maximum absolute atomic E-state index is 2.79. The van der Waals surface area contributed by atoms with Gasteiger partial charge < -0.3 is 0 Å². The van der Waals surface area contributed by atoms with Crippen molar-refractivity contribution >= 4 is 0 Å². The molecule has 5 aliphatic carbocycles. The number of hydrogen-bond acceptors (Lipinski definition) is 0. The first-order chi connectivity index (χ1) is 13.8. The van der Waals surface area contributed by atoms with Gasteiger partial charge in [-0.25, -0.2) is 0 Å². The predicted octanol–water partition coefficient (Wildman–Crippen LogP) is 9.20. The van der Waals surface area contributed by atoms with Gasteiger partial charge in [-0.3, -0.25) is 0 Å². The Morgan fingerprint density at radius 2 is 1.33 bits per heavy atom. The van der Waals surface area contributed by atoms with Gasteiger partial charge in [0.25, 0.3) is 0 Å². The van der Waals surface area contributed by atoms with Crippen LogP contribution in [-0.4, -0.2) is 0 Å². The molecular formula is C30H50. The SMILES string of the molecule is CC1(C)C=C2[C@H]3CC[C@@H]4[C@@]5(C)CCCC(C)(C)C5CC[C@@]4(C)[C@]3(C)CC[C@@]2(C)CC1. The van der Waals surface area contributed by atoms with Gasteiger partial charge in [-0.1, -0.05) is 73.5 Å². The summed E-state index contributed by atoms with van der Waals surface area (Å²) in [5, 5.41) is 0. The fourth-order valence-corrected chi connectivity index (χ4v) is 10.7. The molecule has 0 radical (unpaired) electrons. The summed E-state index contributed by atoms with van der Waals surface area (Å²) in [4.78, 5) is 0. The van der Waals surface area contributed by atoms with Crippen molar-refractivity contribution in [1.29, 1.82) is 0 Å². The number of rotatable bonds is 0. The second-order valence-electron chi connectivity index (χ2n) is 15.1. The van der Waals surface area contributed by atoms with E-state index < -0.39 is 0 Å². The Balaban J connectivity index is 1.57. The Kier molecular flexibility index (Phi) is 4.46. The topological polar surface area (TPSA) is 0 Å². The first-order valence-electron chi connectivity index (χ1n) is 13.5. The van der Waals surface area contributed by atoms with E-state index in [1.165, 1.54) is 70.6 Å². The van der Waals surface area contributed by atoms with Gasteiger partial charge in [0.15, 0.2) is 0 Å². The van der Waals surface area contributed by atoms with Gasteiger partial charge in [0.05, 0.1) is 0 Å². The van der Waals surface area contributed by atoms with Crippen molar-refractivity contribution in [3.8, 4) is 0 Å². The summed E-state index contributed by atoms with van der Waals surface area (Å²) in [6.45, 7) is 21.1. The minimum absolute atomic E-state index is 0.405. The number of hydrogen-bond donors (Lipinski definition) is 0. The molecule has 1 unspecified atom stereocenters. The van der Waals surface area contributed by atoms with Crippen molar-refractivity contribution in [2.24, 2.45) is 50.2 Å². The third kappa shape index (κ3) is 2.64. The zero-order chi connectivity index (χ0) is 21.8. The summed E-state index contributed by atoms with van der Waals surface area (Å²) in [6, 6.07) is 0. The van der Waals surface area contributed by atoms with Crippen molar-refractivity contribution in [3.05, 3.63) is 11.6 Å². The van der Waals surface area contributed by atoms with E-state index in [2.05, 4.69) is 61.5 Å². The minimum atomic E-state index is 0.405. The molecular weight excluding hydrogens is 360 g/mol. The monoisotopic (exact) mass is 410 g/mol. The van der Waals surface area contributed by atoms with Crippen LogP contribution in [0.3, 0.4) is 0 Å². The van der Waals surface area contributed by atoms with Crippen LogP contribution in [0.4, 0.5) is 0 Å². The van der Waals surface area contributed by atoms with Gasteiger partial charge in [0.2, 0.25) is 0 Å². The Bertz CT molecular complexity index is 754. The largest absolute Gasteiger partial charge is 0.0788 e. The quantitative estimate of drug-likeness (QED) is 0.349. The van der Waals surface area contributed by atoms with Crippen LogP contribution in [0, 0.1) is 50.2 Å². The summed E-state index contributed by atoms with van der Waals surface area (Å²) >= 11 is 0. The molecule has 0 saturated heterocycles. The van der Waals surface area contributed by atoms with Crippen molar-refractivity contribution < 1.29 is 0 Å². The molecule has 0 N–H and O–H groups in total. The van der Waals surface area contributed by atoms with Crippen molar-refractivity contribution in [2.75, 3.05) is 0 Å². The number of allylic oxidation sites excluding steroid dienone is 2. The molecule has 0 heteroatoms. The van der Waals surface area contributed by atoms with Crippen LogP contribution in [0.5, 0.6) is 0 Å². The van der Waals surface area contributed by atoms with Crippen LogP contribution in [0.1, 0.15) is 126 Å². The lowest BCUT2D eigenvalue weighted by molar-refractivity contribution is -0.212. The molecule has 30 heavy (non-hydrogen) atoms. The summed E-state index contributed by atoms with van der Waals surface area (Å²) in [5.41, 5.74) is 4.96. The standard InChI is InChI=1S/C30H50/c1-25(2)16-17-27(5)18-19-29(7)21(22(27)20-25)10-11-24-28(6)14-9-13-26(3,4)23(28)12-15-30(24,29)8/h20-21,23-24H,9-19H2,1-8H3/t21-,23?,24-,27-,28+,29-,30-/m1/s1. The Hall–Kier alpha value is -0.260. The van der Waals surface area contributed by atoms with Crippen LogP contribution >= 0.6 is 0 Å². The average Bonchev–Trinajstić information content (AvgIpc) is 2.63. The molecule has 0 aromatic carbocycles. The van der Waals surface area contributed by atoms with Gasteiger partial charge in [-0.15, -0.1) is 0 Å². The van der Waals surface area contributed by atoms with Crippen LogP contribution in [-0.2, 0) is 0 Å². The third-order valence-electron chi connectivity index (χ3n) is 12.7. The van der Waals surface area contributed by atoms with E-state index in [9.17, 15) is 0 Å². The lowest BCUT2D eigenvalue weighted by Gasteiger charge is -2.72. The van der Waals surface area contributed by atoms with E-state index >= 15 is 0 Å². The Labute approximate surface area is 188 Å². The van der Waals surface area contributed by atoms with Crippen molar-refractivity contribution in [3.63, 3.8) is 0 Å². The fourth-order valence-electron chi connectivity index (χ4n) is 10.7. The molecule has 170 valence electrons. The molecule has 7 atom stereocenters. The van der Waals surface area contributed by atoms with Crippen LogP contribution < -0.4 is 0 Å². The normalized spacial score (nSPS) is 54.1. The van der Waals surface area contributed by atoms with Crippen molar-refractivity contribution in [2.45, 2.75) is 126 Å². The average molecular weight is 411 g/mol. The summed E-state index contributed by atoms with van der Waals surface area (Å²) in [6.07, 6.45) is 18.9. The lowest BCUT2D eigenvalue weighted by Crippen LogP contribution is -2.64. The molecule has 0 bridgehead atoms. The van der Waals surface area contributed by atoms with E-state index in [1.807, 2.05) is 5.57 Å². The molecule has 0 aromatic heterocycles. The molecule has 0 aromatic rings. The maximum atomic E-state index is 2.79. The van der Waals surface area contributed by atoms with E-state index in [0.717, 1.165) is 17.8 Å². The van der Waals surface area contributed by atoms with E-state index in [4.69, 9.17) is 0 Å². The molecule has 0 aliphatic heterocycles.